The third kappa shape index (κ3) is 3.00. The highest BCUT2D eigenvalue weighted by Gasteiger charge is 2.39. The largest absolute Gasteiger partial charge is 0.361 e. The summed E-state index contributed by atoms with van der Waals surface area (Å²) in [6.07, 6.45) is 4.39. The van der Waals surface area contributed by atoms with Crippen molar-refractivity contribution in [1.82, 2.24) is 10.3 Å². The van der Waals surface area contributed by atoms with E-state index in [0.29, 0.717) is 18.4 Å². The van der Waals surface area contributed by atoms with Crippen LogP contribution in [0, 0.1) is 0 Å². The minimum atomic E-state index is 0.152. The first-order valence-corrected chi connectivity index (χ1v) is 8.20. The van der Waals surface area contributed by atoms with Crippen LogP contribution in [0.5, 0.6) is 0 Å². The lowest BCUT2D eigenvalue weighted by molar-refractivity contribution is -0.121. The minimum Gasteiger partial charge on any atom is -0.361 e. The van der Waals surface area contributed by atoms with Gasteiger partial charge in [0.05, 0.1) is 0 Å². The number of aromatic amines is 1. The molecule has 4 rings (SSSR count). The first-order valence-electron chi connectivity index (χ1n) is 8.20. The standard InChI is InChI=1S/C20H20N2O/c23-20(22-19-12-17(19)14-6-2-1-3-7-14)11-10-15-13-21-18-9-5-4-8-16(15)18/h1-9,13,17,19,21H,10-12H2,(H,22,23)/t17-,19-/m1/s1. The summed E-state index contributed by atoms with van der Waals surface area (Å²) in [6, 6.07) is 19.0. The first-order chi connectivity index (χ1) is 11.3. The van der Waals surface area contributed by atoms with Gasteiger partial charge >= 0.3 is 0 Å². The lowest BCUT2D eigenvalue weighted by atomic mass is 10.1. The molecule has 2 aromatic carbocycles. The smallest absolute Gasteiger partial charge is 0.220 e. The molecule has 1 aliphatic rings. The van der Waals surface area contributed by atoms with Gasteiger partial charge in [-0.2, -0.15) is 0 Å². The van der Waals surface area contributed by atoms with Crippen LogP contribution in [-0.2, 0) is 11.2 Å². The van der Waals surface area contributed by atoms with E-state index in [0.717, 1.165) is 18.4 Å². The number of H-pyrrole nitrogens is 1. The maximum absolute atomic E-state index is 12.2. The normalized spacial score (nSPS) is 19.7. The van der Waals surface area contributed by atoms with Crippen LogP contribution in [0.1, 0.15) is 29.9 Å². The van der Waals surface area contributed by atoms with Gasteiger partial charge in [-0.3, -0.25) is 4.79 Å². The van der Waals surface area contributed by atoms with Gasteiger partial charge in [-0.1, -0.05) is 48.5 Å². The van der Waals surface area contributed by atoms with Crippen molar-refractivity contribution in [2.75, 3.05) is 0 Å². The molecule has 1 aliphatic carbocycles. The molecule has 116 valence electrons. The maximum Gasteiger partial charge on any atom is 0.220 e. The third-order valence-corrected chi connectivity index (χ3v) is 4.66. The molecule has 3 aromatic rings. The summed E-state index contributed by atoms with van der Waals surface area (Å²) >= 11 is 0. The molecule has 0 aliphatic heterocycles. The molecule has 23 heavy (non-hydrogen) atoms. The van der Waals surface area contributed by atoms with E-state index >= 15 is 0 Å². The average molecular weight is 304 g/mol. The summed E-state index contributed by atoms with van der Waals surface area (Å²) in [4.78, 5) is 15.4. The fourth-order valence-electron chi connectivity index (χ4n) is 3.29. The van der Waals surface area contributed by atoms with Crippen molar-refractivity contribution in [1.29, 1.82) is 0 Å². The summed E-state index contributed by atoms with van der Waals surface area (Å²) in [7, 11) is 0. The van der Waals surface area contributed by atoms with E-state index in [1.54, 1.807) is 0 Å². The zero-order valence-corrected chi connectivity index (χ0v) is 13.0. The number of benzene rings is 2. The Bertz CT molecular complexity index is 822. The van der Waals surface area contributed by atoms with Crippen LogP contribution < -0.4 is 5.32 Å². The van der Waals surface area contributed by atoms with Crippen LogP contribution in [0.15, 0.2) is 60.8 Å². The molecule has 3 heteroatoms. The summed E-state index contributed by atoms with van der Waals surface area (Å²) in [6.45, 7) is 0. The second-order valence-corrected chi connectivity index (χ2v) is 6.29. The van der Waals surface area contributed by atoms with Crippen LogP contribution in [-0.4, -0.2) is 16.9 Å². The predicted octanol–water partition coefficient (Wildman–Crippen LogP) is 3.77. The molecular weight excluding hydrogens is 284 g/mol. The van der Waals surface area contributed by atoms with Gasteiger partial charge in [0.25, 0.3) is 0 Å². The summed E-state index contributed by atoms with van der Waals surface area (Å²) in [5.74, 6) is 0.645. The summed E-state index contributed by atoms with van der Waals surface area (Å²) in [5, 5.41) is 4.38. The van der Waals surface area contributed by atoms with Crippen LogP contribution in [0.25, 0.3) is 10.9 Å². The molecule has 0 unspecified atom stereocenters. The Morgan fingerprint density at radius 3 is 2.74 bits per heavy atom. The van der Waals surface area contributed by atoms with Gasteiger partial charge < -0.3 is 10.3 Å². The van der Waals surface area contributed by atoms with E-state index in [2.05, 4.69) is 46.7 Å². The number of hydrogen-bond donors (Lipinski definition) is 2. The molecule has 0 saturated heterocycles. The second-order valence-electron chi connectivity index (χ2n) is 6.29. The SMILES string of the molecule is O=C(CCc1c[nH]c2ccccc12)N[C@@H]1C[C@@H]1c1ccccc1. The predicted molar refractivity (Wildman–Crippen MR) is 92.4 cm³/mol. The van der Waals surface area contributed by atoms with Gasteiger partial charge in [0.2, 0.25) is 5.91 Å². The van der Waals surface area contributed by atoms with Gasteiger partial charge in [-0.05, 0) is 30.0 Å². The number of aryl methyl sites for hydroxylation is 1. The van der Waals surface area contributed by atoms with Gasteiger partial charge in [0.15, 0.2) is 0 Å². The second kappa shape index (κ2) is 5.92. The van der Waals surface area contributed by atoms with Crippen molar-refractivity contribution in [3.63, 3.8) is 0 Å². The fraction of sp³-hybridized carbons (Fsp3) is 0.250. The third-order valence-electron chi connectivity index (χ3n) is 4.66. The van der Waals surface area contributed by atoms with Gasteiger partial charge in [-0.15, -0.1) is 0 Å². The Balaban J connectivity index is 1.31. The highest BCUT2D eigenvalue weighted by atomic mass is 16.1. The highest BCUT2D eigenvalue weighted by molar-refractivity contribution is 5.84. The number of amides is 1. The lowest BCUT2D eigenvalue weighted by Crippen LogP contribution is -2.26. The summed E-state index contributed by atoms with van der Waals surface area (Å²) < 4.78 is 0. The van der Waals surface area contributed by atoms with E-state index in [1.165, 1.54) is 16.5 Å². The number of rotatable bonds is 5. The monoisotopic (exact) mass is 304 g/mol. The van der Waals surface area contributed by atoms with Crippen molar-refractivity contribution in [3.05, 3.63) is 71.9 Å². The van der Waals surface area contributed by atoms with Crippen molar-refractivity contribution >= 4 is 16.8 Å². The minimum absolute atomic E-state index is 0.152. The van der Waals surface area contributed by atoms with Crippen molar-refractivity contribution in [2.45, 2.75) is 31.2 Å². The molecule has 1 fully saturated rings. The molecule has 1 aromatic heterocycles. The molecular formula is C20H20N2O. The molecule has 0 bridgehead atoms. The molecule has 0 radical (unpaired) electrons. The number of aromatic nitrogens is 1. The Morgan fingerprint density at radius 2 is 1.87 bits per heavy atom. The Hall–Kier alpha value is -2.55. The molecule has 2 N–H and O–H groups in total. The average Bonchev–Trinajstić information content (AvgIpc) is 3.23. The Morgan fingerprint density at radius 1 is 1.09 bits per heavy atom. The fourth-order valence-corrected chi connectivity index (χ4v) is 3.29. The molecule has 1 amide bonds. The molecule has 3 nitrogen and oxygen atoms in total. The zero-order valence-electron chi connectivity index (χ0n) is 13.0. The Kier molecular flexibility index (Phi) is 3.62. The zero-order chi connectivity index (χ0) is 15.6. The van der Waals surface area contributed by atoms with Crippen LogP contribution >= 0.6 is 0 Å². The number of para-hydroxylation sites is 1. The summed E-state index contributed by atoms with van der Waals surface area (Å²) in [5.41, 5.74) is 3.68. The number of hydrogen-bond acceptors (Lipinski definition) is 1. The van der Waals surface area contributed by atoms with Crippen LogP contribution in [0.2, 0.25) is 0 Å². The molecule has 1 saturated carbocycles. The highest BCUT2D eigenvalue weighted by Crippen LogP contribution is 2.40. The number of carbonyl (C=O) groups is 1. The lowest BCUT2D eigenvalue weighted by Gasteiger charge is -2.05. The van der Waals surface area contributed by atoms with Crippen LogP contribution in [0.3, 0.4) is 0 Å². The van der Waals surface area contributed by atoms with E-state index in [9.17, 15) is 4.79 Å². The molecule has 0 spiro atoms. The van der Waals surface area contributed by atoms with Crippen LogP contribution in [0.4, 0.5) is 0 Å². The molecule has 1 heterocycles. The van der Waals surface area contributed by atoms with E-state index < -0.39 is 0 Å². The van der Waals surface area contributed by atoms with E-state index in [4.69, 9.17) is 0 Å². The molecule has 2 atom stereocenters. The van der Waals surface area contributed by atoms with Crippen molar-refractivity contribution < 1.29 is 4.79 Å². The van der Waals surface area contributed by atoms with Gasteiger partial charge in [0, 0.05) is 35.5 Å². The maximum atomic E-state index is 12.2. The van der Waals surface area contributed by atoms with E-state index in [1.807, 2.05) is 24.4 Å². The van der Waals surface area contributed by atoms with E-state index in [-0.39, 0.29) is 5.91 Å². The number of fused-ring (bicyclic) bond motifs is 1. The van der Waals surface area contributed by atoms with Crippen molar-refractivity contribution in [2.24, 2.45) is 0 Å². The topological polar surface area (TPSA) is 44.9 Å². The number of nitrogens with one attached hydrogen (secondary N) is 2. The van der Waals surface area contributed by atoms with Gasteiger partial charge in [0.1, 0.15) is 0 Å². The first kappa shape index (κ1) is 14.1. The van der Waals surface area contributed by atoms with Crippen molar-refractivity contribution in [3.8, 4) is 0 Å². The Labute approximate surface area is 135 Å². The van der Waals surface area contributed by atoms with Gasteiger partial charge in [-0.25, -0.2) is 0 Å². The number of carbonyl (C=O) groups excluding carboxylic acids is 1. The quantitative estimate of drug-likeness (QED) is 0.740.